The first-order valence-electron chi connectivity index (χ1n) is 10.8. The third kappa shape index (κ3) is 6.72. The molecule has 1 fully saturated rings. The summed E-state index contributed by atoms with van der Waals surface area (Å²) in [4.78, 5) is 0. The van der Waals surface area contributed by atoms with E-state index >= 15 is 0 Å². The highest BCUT2D eigenvalue weighted by molar-refractivity contribution is 6.83. The van der Waals surface area contributed by atoms with E-state index in [1.807, 2.05) is 12.1 Å². The highest BCUT2D eigenvalue weighted by Crippen LogP contribution is 2.45. The molecule has 3 nitrogen and oxygen atoms in total. The van der Waals surface area contributed by atoms with Crippen molar-refractivity contribution in [2.24, 2.45) is 0 Å². The maximum atomic E-state index is 13.5. The van der Waals surface area contributed by atoms with Gasteiger partial charge in [0.15, 0.2) is 0 Å². The number of aliphatic hydroxyl groups is 1. The summed E-state index contributed by atoms with van der Waals surface area (Å²) in [6, 6.07) is 11.5. The predicted molar refractivity (Wildman–Crippen MR) is 124 cm³/mol. The molecular formula is C25H32F2N2OSi. The topological polar surface area (TPSA) is 44.3 Å². The molecule has 1 saturated carbocycles. The fraction of sp³-hybridized carbons (Fsp3) is 0.440. The third-order valence-electron chi connectivity index (χ3n) is 5.61. The first kappa shape index (κ1) is 23.6. The lowest BCUT2D eigenvalue weighted by molar-refractivity contribution is 0.123. The molecule has 0 spiro atoms. The Hall–Kier alpha value is -2.04. The van der Waals surface area contributed by atoms with Crippen LogP contribution in [0.25, 0.3) is 0 Å². The van der Waals surface area contributed by atoms with Gasteiger partial charge < -0.3 is 15.7 Å². The molecule has 0 aliphatic heterocycles. The van der Waals surface area contributed by atoms with Crippen LogP contribution in [-0.4, -0.2) is 38.9 Å². The summed E-state index contributed by atoms with van der Waals surface area (Å²) in [6.45, 7) is 7.07. The monoisotopic (exact) mass is 442 g/mol. The molecule has 0 saturated heterocycles. The van der Waals surface area contributed by atoms with Crippen LogP contribution in [0.3, 0.4) is 0 Å². The van der Waals surface area contributed by atoms with Crippen molar-refractivity contribution in [3.8, 4) is 11.5 Å². The Labute approximate surface area is 185 Å². The molecule has 31 heavy (non-hydrogen) atoms. The van der Waals surface area contributed by atoms with E-state index in [1.165, 1.54) is 17.7 Å². The fourth-order valence-corrected chi connectivity index (χ4v) is 4.22. The summed E-state index contributed by atoms with van der Waals surface area (Å²) in [6.07, 6.45) is 1.64. The SMILES string of the molecule is CNC(Cc1cc(F)cc(F)c1)C(O)CNC1(c2cccc(C#C[Si](C)(C)C)c2)CC1. The van der Waals surface area contributed by atoms with Gasteiger partial charge in [-0.3, -0.25) is 0 Å². The number of benzene rings is 2. The average molecular weight is 443 g/mol. The van der Waals surface area contributed by atoms with Crippen molar-refractivity contribution in [3.63, 3.8) is 0 Å². The summed E-state index contributed by atoms with van der Waals surface area (Å²) in [5.41, 5.74) is 6.00. The highest BCUT2D eigenvalue weighted by Gasteiger charge is 2.44. The maximum absolute atomic E-state index is 13.5. The molecule has 2 aromatic rings. The number of aliphatic hydroxyl groups excluding tert-OH is 1. The van der Waals surface area contributed by atoms with Gasteiger partial charge in [-0.05, 0) is 61.7 Å². The molecule has 0 aromatic heterocycles. The van der Waals surface area contributed by atoms with Crippen LogP contribution in [-0.2, 0) is 12.0 Å². The molecule has 0 bridgehead atoms. The van der Waals surface area contributed by atoms with E-state index in [9.17, 15) is 13.9 Å². The lowest BCUT2D eigenvalue weighted by Gasteiger charge is -2.26. The van der Waals surface area contributed by atoms with E-state index in [0.29, 0.717) is 18.5 Å². The van der Waals surface area contributed by atoms with Crippen molar-refractivity contribution in [2.45, 2.75) is 56.6 Å². The van der Waals surface area contributed by atoms with Gasteiger partial charge in [0.1, 0.15) is 19.7 Å². The van der Waals surface area contributed by atoms with Crippen LogP contribution in [0.2, 0.25) is 19.6 Å². The summed E-state index contributed by atoms with van der Waals surface area (Å²) in [5.74, 6) is 2.11. The minimum atomic E-state index is -1.44. The summed E-state index contributed by atoms with van der Waals surface area (Å²) in [5, 5.41) is 17.4. The number of likely N-dealkylation sites (N-methyl/N-ethyl adjacent to an activating group) is 1. The Bertz CT molecular complexity index is 953. The van der Waals surface area contributed by atoms with Gasteiger partial charge in [0.2, 0.25) is 0 Å². The third-order valence-corrected chi connectivity index (χ3v) is 6.48. The quantitative estimate of drug-likeness (QED) is 0.428. The first-order valence-corrected chi connectivity index (χ1v) is 14.3. The molecular weight excluding hydrogens is 410 g/mol. The molecule has 1 aliphatic rings. The zero-order chi connectivity index (χ0) is 22.6. The lowest BCUT2D eigenvalue weighted by atomic mass is 9.99. The van der Waals surface area contributed by atoms with Crippen LogP contribution >= 0.6 is 0 Å². The van der Waals surface area contributed by atoms with Crippen molar-refractivity contribution in [1.29, 1.82) is 0 Å². The molecule has 3 rings (SSSR count). The number of hydrogen-bond acceptors (Lipinski definition) is 3. The van der Waals surface area contributed by atoms with Crippen LogP contribution in [0.4, 0.5) is 8.78 Å². The Morgan fingerprint density at radius 1 is 1.10 bits per heavy atom. The Morgan fingerprint density at radius 3 is 2.35 bits per heavy atom. The van der Waals surface area contributed by atoms with E-state index in [0.717, 1.165) is 24.5 Å². The average Bonchev–Trinajstić information content (AvgIpc) is 3.49. The minimum absolute atomic E-state index is 0.138. The predicted octanol–water partition coefficient (Wildman–Crippen LogP) is 3.96. The number of hydrogen-bond donors (Lipinski definition) is 3. The summed E-state index contributed by atoms with van der Waals surface area (Å²) < 4.78 is 27.0. The summed E-state index contributed by atoms with van der Waals surface area (Å²) >= 11 is 0. The molecule has 2 aromatic carbocycles. The zero-order valence-electron chi connectivity index (χ0n) is 18.7. The fourth-order valence-electron chi connectivity index (χ4n) is 3.70. The van der Waals surface area contributed by atoms with Crippen LogP contribution in [0, 0.1) is 23.1 Å². The smallest absolute Gasteiger partial charge is 0.129 e. The van der Waals surface area contributed by atoms with Crippen LogP contribution in [0.15, 0.2) is 42.5 Å². The normalized spacial score (nSPS) is 16.9. The standard InChI is InChI=1S/C25H32F2N2OSi/c1-28-23(15-19-13-21(26)16-22(27)14-19)24(30)17-29-25(9-10-25)20-7-5-6-18(12-20)8-11-31(2,3)4/h5-7,12-14,16,23-24,28-30H,9-10,15,17H2,1-4H3. The second kappa shape index (κ2) is 9.62. The van der Waals surface area contributed by atoms with E-state index in [4.69, 9.17) is 0 Å². The Balaban J connectivity index is 1.65. The van der Waals surface area contributed by atoms with Gasteiger partial charge in [-0.25, -0.2) is 8.78 Å². The van der Waals surface area contributed by atoms with Crippen LogP contribution in [0.5, 0.6) is 0 Å². The molecule has 0 heterocycles. The molecule has 2 unspecified atom stereocenters. The van der Waals surface area contributed by atoms with Crippen molar-refractivity contribution < 1.29 is 13.9 Å². The molecule has 0 amide bonds. The molecule has 166 valence electrons. The largest absolute Gasteiger partial charge is 0.390 e. The van der Waals surface area contributed by atoms with Gasteiger partial charge in [-0.15, -0.1) is 5.54 Å². The van der Waals surface area contributed by atoms with E-state index < -0.39 is 25.8 Å². The number of halogens is 2. The Morgan fingerprint density at radius 2 is 1.77 bits per heavy atom. The van der Waals surface area contributed by atoms with Crippen molar-refractivity contribution in [2.75, 3.05) is 13.6 Å². The maximum Gasteiger partial charge on any atom is 0.129 e. The molecule has 3 N–H and O–H groups in total. The number of nitrogens with one attached hydrogen (secondary N) is 2. The Kier molecular flexibility index (Phi) is 7.33. The van der Waals surface area contributed by atoms with Gasteiger partial charge in [-0.1, -0.05) is 37.7 Å². The molecule has 6 heteroatoms. The highest BCUT2D eigenvalue weighted by atomic mass is 28.3. The van der Waals surface area contributed by atoms with Gasteiger partial charge in [0.25, 0.3) is 0 Å². The van der Waals surface area contributed by atoms with Crippen molar-refractivity contribution in [1.82, 2.24) is 10.6 Å². The van der Waals surface area contributed by atoms with Gasteiger partial charge in [-0.2, -0.15) is 0 Å². The van der Waals surface area contributed by atoms with Gasteiger partial charge >= 0.3 is 0 Å². The number of rotatable bonds is 8. The molecule has 1 aliphatic carbocycles. The van der Waals surface area contributed by atoms with Gasteiger partial charge in [0.05, 0.1) is 6.10 Å². The summed E-state index contributed by atoms with van der Waals surface area (Å²) in [7, 11) is 0.309. The second-order valence-corrected chi connectivity index (χ2v) is 14.2. The van der Waals surface area contributed by atoms with Crippen LogP contribution in [0.1, 0.15) is 29.5 Å². The van der Waals surface area contributed by atoms with Crippen molar-refractivity contribution in [3.05, 3.63) is 70.8 Å². The molecule has 0 radical (unpaired) electrons. The second-order valence-electron chi connectivity index (χ2n) is 9.49. The zero-order valence-corrected chi connectivity index (χ0v) is 19.7. The van der Waals surface area contributed by atoms with E-state index in [-0.39, 0.29) is 11.6 Å². The van der Waals surface area contributed by atoms with Crippen molar-refractivity contribution >= 4 is 8.07 Å². The van der Waals surface area contributed by atoms with Gasteiger partial charge in [0, 0.05) is 29.8 Å². The first-order chi connectivity index (χ1) is 14.6. The lowest BCUT2D eigenvalue weighted by Crippen LogP contribution is -2.47. The minimum Gasteiger partial charge on any atom is -0.390 e. The van der Waals surface area contributed by atoms with E-state index in [1.54, 1.807) is 7.05 Å². The molecule has 2 atom stereocenters. The van der Waals surface area contributed by atoms with E-state index in [2.05, 4.69) is 53.9 Å². The van der Waals surface area contributed by atoms with Crippen LogP contribution < -0.4 is 10.6 Å².